The number of hydrogen-bond acceptors (Lipinski definition) is 3. The number of amidine groups is 1. The molecule has 0 unspecified atom stereocenters. The van der Waals surface area contributed by atoms with Crippen molar-refractivity contribution >= 4 is 6.02 Å². The van der Waals surface area contributed by atoms with E-state index in [9.17, 15) is 0 Å². The molecule has 0 amide bonds. The maximum atomic E-state index is 5.23. The molecule has 2 aliphatic heterocycles. The summed E-state index contributed by atoms with van der Waals surface area (Å²) in [6.45, 7) is 3.91. The van der Waals surface area contributed by atoms with Crippen LogP contribution in [-0.4, -0.2) is 37.2 Å². The lowest BCUT2D eigenvalue weighted by atomic mass is 10.2. The van der Waals surface area contributed by atoms with Crippen LogP contribution in [0.2, 0.25) is 0 Å². The van der Waals surface area contributed by atoms with Crippen LogP contribution in [0.4, 0.5) is 0 Å². The van der Waals surface area contributed by atoms with Crippen molar-refractivity contribution in [2.45, 2.75) is 6.42 Å². The first kappa shape index (κ1) is 5.09. The molecular weight excluding hydrogens is 116 g/mol. The fourth-order valence-corrected chi connectivity index (χ4v) is 1.02. The number of rotatable bonds is 0. The third-order valence-electron chi connectivity index (χ3n) is 1.70. The predicted octanol–water partition coefficient (Wildman–Crippen LogP) is 0.0783. The molecule has 0 N–H and O–H groups in total. The average Bonchev–Trinajstić information content (AvgIpc) is 2.11. The molecule has 0 radical (unpaired) electrons. The Morgan fingerprint density at radius 3 is 2.78 bits per heavy atom. The molecule has 1 saturated heterocycles. The highest BCUT2D eigenvalue weighted by Gasteiger charge is 2.21. The normalized spacial score (nSPS) is 24.9. The molecule has 0 aromatic carbocycles. The minimum atomic E-state index is 0.784. The van der Waals surface area contributed by atoms with Crippen LogP contribution in [0.5, 0.6) is 0 Å². The summed E-state index contributed by atoms with van der Waals surface area (Å²) >= 11 is 0. The van der Waals surface area contributed by atoms with Gasteiger partial charge in [-0.3, -0.25) is 0 Å². The molecule has 0 atom stereocenters. The van der Waals surface area contributed by atoms with Crippen molar-refractivity contribution in [2.24, 2.45) is 4.99 Å². The standard InChI is InChI=1S/C6H10N2O/c1-3-8(4-1)6-7-2-5-9-6/h1-5H2. The third-order valence-corrected chi connectivity index (χ3v) is 1.70. The van der Waals surface area contributed by atoms with Crippen molar-refractivity contribution in [1.82, 2.24) is 4.90 Å². The van der Waals surface area contributed by atoms with Gasteiger partial charge < -0.3 is 9.64 Å². The highest BCUT2D eigenvalue weighted by atomic mass is 16.5. The van der Waals surface area contributed by atoms with Crippen LogP contribution in [0.25, 0.3) is 0 Å². The van der Waals surface area contributed by atoms with Gasteiger partial charge in [-0.1, -0.05) is 0 Å². The van der Waals surface area contributed by atoms with Crippen molar-refractivity contribution in [1.29, 1.82) is 0 Å². The van der Waals surface area contributed by atoms with Gasteiger partial charge in [0, 0.05) is 13.1 Å². The first-order valence-corrected chi connectivity index (χ1v) is 3.39. The SMILES string of the molecule is C1CN(C2=NCCO2)C1. The van der Waals surface area contributed by atoms with Crippen molar-refractivity contribution in [3.63, 3.8) is 0 Å². The van der Waals surface area contributed by atoms with E-state index in [0.717, 1.165) is 32.3 Å². The maximum Gasteiger partial charge on any atom is 0.287 e. The van der Waals surface area contributed by atoms with Gasteiger partial charge in [-0.2, -0.15) is 0 Å². The van der Waals surface area contributed by atoms with Gasteiger partial charge in [-0.15, -0.1) is 0 Å². The zero-order valence-electron chi connectivity index (χ0n) is 5.34. The van der Waals surface area contributed by atoms with E-state index in [4.69, 9.17) is 4.74 Å². The Kier molecular flexibility index (Phi) is 1.07. The fourth-order valence-electron chi connectivity index (χ4n) is 1.02. The summed E-state index contributed by atoms with van der Waals surface area (Å²) in [5.41, 5.74) is 0. The van der Waals surface area contributed by atoms with E-state index in [1.54, 1.807) is 0 Å². The second-order valence-corrected chi connectivity index (χ2v) is 2.35. The number of ether oxygens (including phenoxy) is 1. The molecule has 1 fully saturated rings. The van der Waals surface area contributed by atoms with Crippen LogP contribution < -0.4 is 0 Å². The monoisotopic (exact) mass is 126 g/mol. The first-order valence-electron chi connectivity index (χ1n) is 3.39. The lowest BCUT2D eigenvalue weighted by molar-refractivity contribution is 0.211. The molecule has 0 aromatic heterocycles. The Labute approximate surface area is 54.3 Å². The van der Waals surface area contributed by atoms with Crippen molar-refractivity contribution in [2.75, 3.05) is 26.2 Å². The van der Waals surface area contributed by atoms with Crippen molar-refractivity contribution in [3.8, 4) is 0 Å². The van der Waals surface area contributed by atoms with E-state index >= 15 is 0 Å². The van der Waals surface area contributed by atoms with Gasteiger partial charge in [-0.05, 0) is 6.42 Å². The predicted molar refractivity (Wildman–Crippen MR) is 34.4 cm³/mol. The third kappa shape index (κ3) is 0.763. The summed E-state index contributed by atoms with van der Waals surface area (Å²) in [7, 11) is 0. The molecule has 2 rings (SSSR count). The molecule has 0 aromatic rings. The lowest BCUT2D eigenvalue weighted by Gasteiger charge is -2.30. The molecular formula is C6H10N2O. The lowest BCUT2D eigenvalue weighted by Crippen LogP contribution is -2.42. The fraction of sp³-hybridized carbons (Fsp3) is 0.833. The molecule has 50 valence electrons. The van der Waals surface area contributed by atoms with Gasteiger partial charge in [0.1, 0.15) is 6.61 Å². The van der Waals surface area contributed by atoms with Gasteiger partial charge >= 0.3 is 0 Å². The van der Waals surface area contributed by atoms with Gasteiger partial charge in [-0.25, -0.2) is 4.99 Å². The Hall–Kier alpha value is -0.730. The molecule has 0 spiro atoms. The molecule has 0 aliphatic carbocycles. The van der Waals surface area contributed by atoms with Crippen LogP contribution in [0.3, 0.4) is 0 Å². The Morgan fingerprint density at radius 1 is 1.44 bits per heavy atom. The quantitative estimate of drug-likeness (QED) is 0.459. The van der Waals surface area contributed by atoms with Crippen LogP contribution in [0.1, 0.15) is 6.42 Å². The van der Waals surface area contributed by atoms with E-state index < -0.39 is 0 Å². The van der Waals surface area contributed by atoms with Crippen LogP contribution in [0.15, 0.2) is 4.99 Å². The molecule has 9 heavy (non-hydrogen) atoms. The average molecular weight is 126 g/mol. The summed E-state index contributed by atoms with van der Waals surface area (Å²) in [6.07, 6.45) is 1.29. The van der Waals surface area contributed by atoms with Gasteiger partial charge in [0.05, 0.1) is 6.54 Å². The zero-order valence-corrected chi connectivity index (χ0v) is 5.34. The van der Waals surface area contributed by atoms with Crippen LogP contribution >= 0.6 is 0 Å². The second kappa shape index (κ2) is 1.90. The summed E-state index contributed by atoms with van der Waals surface area (Å²) in [6, 6.07) is 0.876. The van der Waals surface area contributed by atoms with Gasteiger partial charge in [0.2, 0.25) is 0 Å². The summed E-state index contributed by atoms with van der Waals surface area (Å²) in [4.78, 5) is 6.35. The minimum absolute atomic E-state index is 0.784. The minimum Gasteiger partial charge on any atom is -0.463 e. The van der Waals surface area contributed by atoms with Crippen molar-refractivity contribution < 1.29 is 4.74 Å². The summed E-state index contributed by atoms with van der Waals surface area (Å²) < 4.78 is 5.23. The van der Waals surface area contributed by atoms with Crippen molar-refractivity contribution in [3.05, 3.63) is 0 Å². The largest absolute Gasteiger partial charge is 0.463 e. The zero-order chi connectivity index (χ0) is 6.10. The molecule has 3 heteroatoms. The highest BCUT2D eigenvalue weighted by Crippen LogP contribution is 2.10. The van der Waals surface area contributed by atoms with E-state index in [1.165, 1.54) is 6.42 Å². The number of nitrogens with zero attached hydrogens (tertiary/aromatic N) is 2. The summed E-state index contributed by atoms with van der Waals surface area (Å²) in [5.74, 6) is 0. The second-order valence-electron chi connectivity index (χ2n) is 2.35. The Morgan fingerprint density at radius 2 is 2.33 bits per heavy atom. The summed E-state index contributed by atoms with van der Waals surface area (Å²) in [5, 5.41) is 0. The van der Waals surface area contributed by atoms with E-state index in [1.807, 2.05) is 0 Å². The molecule has 2 aliphatic rings. The molecule has 2 heterocycles. The maximum absolute atomic E-state index is 5.23. The Balaban J connectivity index is 1.95. The van der Waals surface area contributed by atoms with Gasteiger partial charge in [0.15, 0.2) is 0 Å². The van der Waals surface area contributed by atoms with E-state index in [2.05, 4.69) is 9.89 Å². The molecule has 0 bridgehead atoms. The number of likely N-dealkylation sites (tertiary alicyclic amines) is 1. The molecule has 0 saturated carbocycles. The van der Waals surface area contributed by atoms with Gasteiger partial charge in [0.25, 0.3) is 6.02 Å². The highest BCUT2D eigenvalue weighted by molar-refractivity contribution is 5.75. The smallest absolute Gasteiger partial charge is 0.287 e. The Bertz CT molecular complexity index is 140. The number of aliphatic imine (C=N–C) groups is 1. The van der Waals surface area contributed by atoms with E-state index in [-0.39, 0.29) is 0 Å². The topological polar surface area (TPSA) is 24.8 Å². The van der Waals surface area contributed by atoms with Crippen LogP contribution in [0, 0.1) is 0 Å². The number of hydrogen-bond donors (Lipinski definition) is 0. The van der Waals surface area contributed by atoms with Crippen LogP contribution in [-0.2, 0) is 4.74 Å². The first-order chi connectivity index (χ1) is 4.47. The molecule has 3 nitrogen and oxygen atoms in total. The van der Waals surface area contributed by atoms with E-state index in [0.29, 0.717) is 0 Å².